The summed E-state index contributed by atoms with van der Waals surface area (Å²) in [5.41, 5.74) is 1.39. The molecule has 2 aromatic carbocycles. The summed E-state index contributed by atoms with van der Waals surface area (Å²) < 4.78 is 13.6. The lowest BCUT2D eigenvalue weighted by Crippen LogP contribution is -2.07. The fourth-order valence-corrected chi connectivity index (χ4v) is 1.87. The molecule has 1 atom stereocenters. The van der Waals surface area contributed by atoms with Crippen molar-refractivity contribution in [2.24, 2.45) is 0 Å². The molecule has 1 unspecified atom stereocenters. The van der Waals surface area contributed by atoms with Crippen molar-refractivity contribution in [2.75, 3.05) is 0 Å². The molecule has 1 nitrogen and oxygen atoms in total. The normalized spacial score (nSPS) is 12.5. The number of hydrogen-bond acceptors (Lipinski definition) is 1. The monoisotopic (exact) mass is 254 g/mol. The van der Waals surface area contributed by atoms with E-state index >= 15 is 0 Å². The van der Waals surface area contributed by atoms with E-state index in [2.05, 4.69) is 0 Å². The fourth-order valence-electron chi connectivity index (χ4n) is 1.87. The quantitative estimate of drug-likeness (QED) is 0.747. The number of rotatable bonds is 4. The number of ketones is 1. The van der Waals surface area contributed by atoms with Crippen molar-refractivity contribution in [1.82, 2.24) is 0 Å². The van der Waals surface area contributed by atoms with E-state index in [-0.39, 0.29) is 11.6 Å². The fraction of sp³-hybridized carbons (Fsp3) is 0.118. The molecule has 0 aromatic heterocycles. The van der Waals surface area contributed by atoms with Gasteiger partial charge in [0.1, 0.15) is 5.82 Å². The maximum Gasteiger partial charge on any atom is 0.162 e. The third kappa shape index (κ3) is 3.38. The van der Waals surface area contributed by atoms with E-state index in [1.54, 1.807) is 31.2 Å². The van der Waals surface area contributed by atoms with Crippen LogP contribution in [0.4, 0.5) is 4.39 Å². The van der Waals surface area contributed by atoms with Crippen LogP contribution in [0.3, 0.4) is 0 Å². The molecule has 0 aliphatic rings. The molecule has 0 bridgehead atoms. The van der Waals surface area contributed by atoms with Gasteiger partial charge in [-0.25, -0.2) is 4.39 Å². The summed E-state index contributed by atoms with van der Waals surface area (Å²) in [6.07, 6.45) is 3.26. The van der Waals surface area contributed by atoms with Gasteiger partial charge in [-0.15, -0.1) is 0 Å². The Morgan fingerprint density at radius 2 is 1.68 bits per heavy atom. The van der Waals surface area contributed by atoms with Crippen molar-refractivity contribution < 1.29 is 9.18 Å². The van der Waals surface area contributed by atoms with E-state index < -0.39 is 5.92 Å². The summed E-state index contributed by atoms with van der Waals surface area (Å²) in [7, 11) is 0. The third-order valence-electron chi connectivity index (χ3n) is 3.04. The van der Waals surface area contributed by atoms with Crippen LogP contribution in [0.15, 0.2) is 60.7 Å². The van der Waals surface area contributed by atoms with Crippen molar-refractivity contribution in [3.63, 3.8) is 0 Å². The lowest BCUT2D eigenvalue weighted by atomic mass is 9.95. The number of carbonyl (C=O) groups is 1. The summed E-state index contributed by atoms with van der Waals surface area (Å²) in [5.74, 6) is -0.911. The second-order valence-electron chi connectivity index (χ2n) is 4.39. The van der Waals surface area contributed by atoms with E-state index in [1.807, 2.05) is 30.3 Å². The molecule has 0 radical (unpaired) electrons. The molecular formula is C17H15FO. The number of allylic oxidation sites excluding steroid dienone is 1. The first kappa shape index (κ1) is 13.2. The standard InChI is InChI=1S/C17H15FO/c1-13(15-9-5-6-10-16(15)18)17(19)12-11-14-7-3-2-4-8-14/h2-13H,1H3/b12-11+. The van der Waals surface area contributed by atoms with E-state index in [4.69, 9.17) is 0 Å². The molecule has 2 rings (SSSR count). The zero-order valence-electron chi connectivity index (χ0n) is 10.7. The molecule has 0 amide bonds. The second-order valence-corrected chi connectivity index (χ2v) is 4.39. The van der Waals surface area contributed by atoms with Gasteiger partial charge in [0.05, 0.1) is 0 Å². The van der Waals surface area contributed by atoms with Crippen molar-refractivity contribution >= 4 is 11.9 Å². The van der Waals surface area contributed by atoms with Crippen LogP contribution in [0, 0.1) is 5.82 Å². The Hall–Kier alpha value is -2.22. The van der Waals surface area contributed by atoms with Gasteiger partial charge in [-0.05, 0) is 23.3 Å². The first-order valence-electron chi connectivity index (χ1n) is 6.20. The highest BCUT2D eigenvalue weighted by Gasteiger charge is 2.15. The molecule has 19 heavy (non-hydrogen) atoms. The van der Waals surface area contributed by atoms with Gasteiger partial charge in [-0.2, -0.15) is 0 Å². The average molecular weight is 254 g/mol. The molecule has 2 heteroatoms. The van der Waals surface area contributed by atoms with E-state index in [9.17, 15) is 9.18 Å². The zero-order valence-corrected chi connectivity index (χ0v) is 10.7. The minimum atomic E-state index is -0.471. The van der Waals surface area contributed by atoms with Gasteiger partial charge in [0.25, 0.3) is 0 Å². The van der Waals surface area contributed by atoms with Crippen LogP contribution in [0.1, 0.15) is 24.0 Å². The van der Waals surface area contributed by atoms with Crippen molar-refractivity contribution in [1.29, 1.82) is 0 Å². The predicted octanol–water partition coefficient (Wildman–Crippen LogP) is 4.21. The Bertz CT molecular complexity index is 587. The summed E-state index contributed by atoms with van der Waals surface area (Å²) in [4.78, 5) is 12.0. The third-order valence-corrected chi connectivity index (χ3v) is 3.04. The first-order chi connectivity index (χ1) is 9.18. The Labute approximate surface area is 112 Å². The van der Waals surface area contributed by atoms with Crippen LogP contribution in [-0.2, 0) is 4.79 Å². The molecule has 0 N–H and O–H groups in total. The highest BCUT2D eigenvalue weighted by Crippen LogP contribution is 2.20. The molecule has 0 saturated carbocycles. The summed E-state index contributed by atoms with van der Waals surface area (Å²) in [6, 6.07) is 15.9. The number of benzene rings is 2. The van der Waals surface area contributed by atoms with Gasteiger partial charge in [0.15, 0.2) is 5.78 Å². The van der Waals surface area contributed by atoms with Crippen LogP contribution in [0.25, 0.3) is 6.08 Å². The molecule has 0 heterocycles. The molecule has 0 spiro atoms. The Morgan fingerprint density at radius 3 is 2.37 bits per heavy atom. The number of halogens is 1. The van der Waals surface area contributed by atoms with Gasteiger partial charge in [0, 0.05) is 5.92 Å². The molecule has 96 valence electrons. The summed E-state index contributed by atoms with van der Waals surface area (Å²) >= 11 is 0. The Kier molecular flexibility index (Phi) is 4.24. The Morgan fingerprint density at radius 1 is 1.05 bits per heavy atom. The molecule has 0 aliphatic heterocycles. The van der Waals surface area contributed by atoms with Crippen LogP contribution < -0.4 is 0 Å². The van der Waals surface area contributed by atoms with Gasteiger partial charge < -0.3 is 0 Å². The van der Waals surface area contributed by atoms with Crippen molar-refractivity contribution in [2.45, 2.75) is 12.8 Å². The molecule has 2 aromatic rings. The highest BCUT2D eigenvalue weighted by atomic mass is 19.1. The lowest BCUT2D eigenvalue weighted by Gasteiger charge is -2.08. The van der Waals surface area contributed by atoms with E-state index in [1.165, 1.54) is 12.1 Å². The first-order valence-corrected chi connectivity index (χ1v) is 6.20. The summed E-state index contributed by atoms with van der Waals surface area (Å²) in [6.45, 7) is 1.72. The molecule has 0 aliphatic carbocycles. The predicted molar refractivity (Wildman–Crippen MR) is 75.3 cm³/mol. The largest absolute Gasteiger partial charge is 0.294 e. The van der Waals surface area contributed by atoms with E-state index in [0.29, 0.717) is 5.56 Å². The van der Waals surface area contributed by atoms with Gasteiger partial charge in [-0.1, -0.05) is 61.5 Å². The van der Waals surface area contributed by atoms with Crippen LogP contribution in [0.2, 0.25) is 0 Å². The topological polar surface area (TPSA) is 17.1 Å². The van der Waals surface area contributed by atoms with Gasteiger partial charge in [-0.3, -0.25) is 4.79 Å². The second kappa shape index (κ2) is 6.10. The smallest absolute Gasteiger partial charge is 0.162 e. The minimum absolute atomic E-state index is 0.103. The van der Waals surface area contributed by atoms with Gasteiger partial charge >= 0.3 is 0 Å². The van der Waals surface area contributed by atoms with Crippen LogP contribution in [-0.4, -0.2) is 5.78 Å². The molecule has 0 fully saturated rings. The van der Waals surface area contributed by atoms with E-state index in [0.717, 1.165) is 5.56 Å². The van der Waals surface area contributed by atoms with Crippen LogP contribution >= 0.6 is 0 Å². The van der Waals surface area contributed by atoms with Crippen molar-refractivity contribution in [3.8, 4) is 0 Å². The average Bonchev–Trinajstić information content (AvgIpc) is 2.45. The minimum Gasteiger partial charge on any atom is -0.294 e. The maximum absolute atomic E-state index is 13.6. The lowest BCUT2D eigenvalue weighted by molar-refractivity contribution is -0.115. The van der Waals surface area contributed by atoms with Crippen molar-refractivity contribution in [3.05, 3.63) is 77.6 Å². The number of carbonyl (C=O) groups excluding carboxylic acids is 1. The molecule has 0 saturated heterocycles. The SMILES string of the molecule is CC(C(=O)/C=C/c1ccccc1)c1ccccc1F. The molecular weight excluding hydrogens is 239 g/mol. The maximum atomic E-state index is 13.6. The zero-order chi connectivity index (χ0) is 13.7. The highest BCUT2D eigenvalue weighted by molar-refractivity contribution is 5.98. The summed E-state index contributed by atoms with van der Waals surface area (Å²) in [5, 5.41) is 0. The Balaban J connectivity index is 2.13. The van der Waals surface area contributed by atoms with Crippen LogP contribution in [0.5, 0.6) is 0 Å². The van der Waals surface area contributed by atoms with Gasteiger partial charge in [0.2, 0.25) is 0 Å². The number of hydrogen-bond donors (Lipinski definition) is 0.